The third-order valence-electron chi connectivity index (χ3n) is 3.29. The molecule has 2 aliphatic carbocycles. The molecule has 3 aliphatic rings. The molecule has 2 bridgehead atoms. The number of alkyl halides is 2. The van der Waals surface area contributed by atoms with Crippen LogP contribution in [0.25, 0.3) is 0 Å². The second kappa shape index (κ2) is 3.51. The van der Waals surface area contributed by atoms with E-state index in [-0.39, 0.29) is 0 Å². The van der Waals surface area contributed by atoms with Crippen molar-refractivity contribution < 1.29 is 22.3 Å². The number of hydrogen-bond donors (Lipinski definition) is 1. The molecule has 3 rings (SSSR count). The van der Waals surface area contributed by atoms with Crippen LogP contribution in [0.2, 0.25) is 0 Å². The van der Waals surface area contributed by atoms with E-state index in [9.17, 15) is 5.11 Å². The standard InChI is InChI=1S/C10H13I2O/c13-6-9-7-1-2-8(5-7)10(9)12-4-3-11-12/h1-2,7-10,13H,3,5-6H2/q-1. The van der Waals surface area contributed by atoms with E-state index in [1.54, 1.807) is 0 Å². The van der Waals surface area contributed by atoms with Crippen molar-refractivity contribution in [1.82, 2.24) is 0 Å². The van der Waals surface area contributed by atoms with Gasteiger partial charge >= 0.3 is 92.6 Å². The Hall–Kier alpha value is 0.940. The average Bonchev–Trinajstić information content (AvgIpc) is 2.60. The summed E-state index contributed by atoms with van der Waals surface area (Å²) in [6, 6.07) is 0. The van der Waals surface area contributed by atoms with Crippen LogP contribution in [0.3, 0.4) is 0 Å². The first kappa shape index (κ1) is 9.19. The molecule has 0 saturated heterocycles. The number of hydrogen-bond acceptors (Lipinski definition) is 1. The van der Waals surface area contributed by atoms with Crippen molar-refractivity contribution in [2.75, 3.05) is 11.0 Å². The molecule has 1 nitrogen and oxygen atoms in total. The van der Waals surface area contributed by atoms with E-state index >= 15 is 0 Å². The third kappa shape index (κ3) is 1.34. The molecular weight excluding hydrogens is 390 g/mol. The van der Waals surface area contributed by atoms with Gasteiger partial charge in [-0.25, -0.2) is 0 Å². The summed E-state index contributed by atoms with van der Waals surface area (Å²) < 4.78 is 5.99. The number of halogens is 2. The van der Waals surface area contributed by atoms with Crippen molar-refractivity contribution in [3.8, 4) is 3.81 Å². The molecule has 0 aromatic heterocycles. The summed E-state index contributed by atoms with van der Waals surface area (Å²) in [4.78, 5) is 0. The zero-order valence-electron chi connectivity index (χ0n) is 7.29. The average molecular weight is 403 g/mol. The van der Waals surface area contributed by atoms with Gasteiger partial charge in [-0.1, -0.05) is 0 Å². The van der Waals surface area contributed by atoms with Gasteiger partial charge in [0.25, 0.3) is 0 Å². The molecule has 4 atom stereocenters. The number of rotatable bonds is 1. The van der Waals surface area contributed by atoms with Crippen LogP contribution in [-0.4, -0.2) is 20.1 Å². The van der Waals surface area contributed by atoms with Crippen molar-refractivity contribution in [2.45, 2.75) is 10.3 Å². The Kier molecular flexibility index (Phi) is 2.48. The van der Waals surface area contributed by atoms with Crippen LogP contribution in [0, 0.1) is 21.6 Å². The molecule has 13 heavy (non-hydrogen) atoms. The van der Waals surface area contributed by atoms with E-state index in [4.69, 9.17) is 0 Å². The summed E-state index contributed by atoms with van der Waals surface area (Å²) in [7, 11) is 0. The molecule has 1 saturated carbocycles. The number of aliphatic hydroxyl groups excluding tert-OH is 1. The molecule has 0 aromatic carbocycles. The number of allylic oxidation sites excluding steroid dienone is 2. The van der Waals surface area contributed by atoms with Gasteiger partial charge in [0, 0.05) is 0 Å². The van der Waals surface area contributed by atoms with Crippen molar-refractivity contribution in [1.29, 1.82) is 0 Å². The van der Waals surface area contributed by atoms with Crippen LogP contribution < -0.4 is 17.2 Å². The van der Waals surface area contributed by atoms with Gasteiger partial charge in [-0.2, -0.15) is 0 Å². The molecule has 4 unspecified atom stereocenters. The zero-order chi connectivity index (χ0) is 8.84. The molecular formula is C10H13I2O-. The Morgan fingerprint density at radius 2 is 2.23 bits per heavy atom. The first-order valence-electron chi connectivity index (χ1n) is 4.71. The van der Waals surface area contributed by atoms with Crippen LogP contribution >= 0.6 is 15.2 Å². The fourth-order valence-electron chi connectivity index (χ4n) is 2.65. The summed E-state index contributed by atoms with van der Waals surface area (Å²) in [5.74, 6) is 2.25. The molecule has 1 fully saturated rings. The Bertz CT molecular complexity index is 336. The molecule has 0 spiro atoms. The molecule has 0 radical (unpaired) electrons. The van der Waals surface area contributed by atoms with Crippen LogP contribution in [0.5, 0.6) is 0 Å². The van der Waals surface area contributed by atoms with Crippen LogP contribution in [0.1, 0.15) is 6.42 Å². The fraction of sp³-hybridized carbons (Fsp3) is 0.700. The van der Waals surface area contributed by atoms with Gasteiger partial charge in [-0.3, -0.25) is 0 Å². The van der Waals surface area contributed by atoms with Gasteiger partial charge in [0.2, 0.25) is 0 Å². The van der Waals surface area contributed by atoms with E-state index in [1.807, 2.05) is 0 Å². The van der Waals surface area contributed by atoms with Crippen molar-refractivity contribution >= 4 is 15.2 Å². The Morgan fingerprint density at radius 1 is 1.46 bits per heavy atom. The van der Waals surface area contributed by atoms with Gasteiger partial charge in [0.05, 0.1) is 0 Å². The predicted molar refractivity (Wildman–Crippen MR) is 57.9 cm³/mol. The molecule has 0 amide bonds. The number of fused-ring (bicyclic) bond motifs is 2. The summed E-state index contributed by atoms with van der Waals surface area (Å²) in [5, 5.41) is 9.40. The van der Waals surface area contributed by atoms with Gasteiger partial charge in [-0.15, -0.1) is 0 Å². The Morgan fingerprint density at radius 3 is 2.85 bits per heavy atom. The van der Waals surface area contributed by atoms with Gasteiger partial charge in [-0.05, 0) is 0 Å². The molecule has 74 valence electrons. The fourth-order valence-corrected chi connectivity index (χ4v) is 18.5. The second-order valence-electron chi connectivity index (χ2n) is 3.87. The zero-order valence-corrected chi connectivity index (χ0v) is 11.6. The van der Waals surface area contributed by atoms with E-state index in [1.165, 1.54) is 10.8 Å². The first-order chi connectivity index (χ1) is 6.40. The van der Waals surface area contributed by atoms with Gasteiger partial charge in [0.1, 0.15) is 0 Å². The van der Waals surface area contributed by atoms with Crippen LogP contribution in [-0.2, 0) is 0 Å². The third-order valence-corrected chi connectivity index (χ3v) is 21.9. The summed E-state index contributed by atoms with van der Waals surface area (Å²) in [6.07, 6.45) is 6.15. The summed E-state index contributed by atoms with van der Waals surface area (Å²) in [6.45, 7) is 0.440. The molecule has 1 aliphatic heterocycles. The Labute approximate surface area is 91.7 Å². The van der Waals surface area contributed by atoms with Crippen LogP contribution in [0.15, 0.2) is 12.2 Å². The monoisotopic (exact) mass is 403 g/mol. The summed E-state index contributed by atoms with van der Waals surface area (Å²) in [5.41, 5.74) is 0. The van der Waals surface area contributed by atoms with Gasteiger partial charge in [0.15, 0.2) is 0 Å². The van der Waals surface area contributed by atoms with Crippen molar-refractivity contribution in [2.24, 2.45) is 17.8 Å². The summed E-state index contributed by atoms with van der Waals surface area (Å²) >= 11 is -0.130. The predicted octanol–water partition coefficient (Wildman–Crippen LogP) is -1.35. The van der Waals surface area contributed by atoms with Crippen molar-refractivity contribution in [3.63, 3.8) is 0 Å². The molecule has 3 heteroatoms. The van der Waals surface area contributed by atoms with E-state index in [0.717, 1.165) is 15.8 Å². The molecule has 1 heterocycles. The van der Waals surface area contributed by atoms with E-state index in [0.29, 0.717) is 29.8 Å². The van der Waals surface area contributed by atoms with E-state index < -0.39 is 15.2 Å². The minimum atomic E-state index is -0.697. The minimum absolute atomic E-state index is 0.440. The normalized spacial score (nSPS) is 47.8. The maximum atomic E-state index is 9.40. The first-order valence-corrected chi connectivity index (χ1v) is 14.8. The molecule has 1 N–H and O–H groups in total. The van der Waals surface area contributed by atoms with Crippen molar-refractivity contribution in [3.05, 3.63) is 12.2 Å². The quantitative estimate of drug-likeness (QED) is 0.327. The maximum absolute atomic E-state index is 9.40. The number of aliphatic hydroxyl groups is 1. The van der Waals surface area contributed by atoms with E-state index in [2.05, 4.69) is 16.0 Å². The molecule has 0 aromatic rings. The topological polar surface area (TPSA) is 20.2 Å². The SMILES string of the molecule is OCC1C2C=CC(C2)C1I1#CC[I-]1. The Balaban J connectivity index is 1.92. The second-order valence-corrected chi connectivity index (χ2v) is 18.7. The van der Waals surface area contributed by atoms with Gasteiger partial charge < -0.3 is 0 Å². The van der Waals surface area contributed by atoms with Crippen LogP contribution in [0.4, 0.5) is 0 Å².